The maximum Gasteiger partial charge on any atom is 0.257 e. The van der Waals surface area contributed by atoms with Crippen LogP contribution in [-0.4, -0.2) is 65.9 Å². The number of rotatable bonds is 8. The normalized spacial score (nSPS) is 25.6. The number of para-hydroxylation sites is 1. The molecule has 0 saturated carbocycles. The zero-order chi connectivity index (χ0) is 22.7. The average Bonchev–Trinajstić information content (AvgIpc) is 3.08. The number of likely N-dealkylation sites (tertiary alicyclic amines) is 1. The lowest BCUT2D eigenvalue weighted by atomic mass is 9.98. The van der Waals surface area contributed by atoms with Crippen molar-refractivity contribution >= 4 is 23.4 Å². The van der Waals surface area contributed by atoms with E-state index in [1.807, 2.05) is 25.1 Å². The molecule has 0 unspecified atom stereocenters. The van der Waals surface area contributed by atoms with E-state index in [2.05, 4.69) is 17.1 Å². The fourth-order valence-electron chi connectivity index (χ4n) is 5.52. The number of carbonyl (C=O) groups excluding carboxylic acids is 3. The third-order valence-electron chi connectivity index (χ3n) is 7.27. The van der Waals surface area contributed by atoms with Crippen LogP contribution in [0, 0.1) is 5.92 Å². The molecule has 2 atom stereocenters. The number of nitrogens with one attached hydrogen (secondary N) is 1. The Morgan fingerprint density at radius 1 is 1.19 bits per heavy atom. The third-order valence-corrected chi connectivity index (χ3v) is 7.27. The van der Waals surface area contributed by atoms with Gasteiger partial charge in [-0.15, -0.1) is 0 Å². The van der Waals surface area contributed by atoms with Crippen molar-refractivity contribution in [3.05, 3.63) is 29.8 Å². The standard InChI is InChI=1S/C25H36N4O3/c1-19-8-7-16-27(18-19)15-6-5-14-26-22(30)12-17-28-24(32)20-9-3-4-10-21(20)29-23(31)11-13-25(28,29)2/h3-4,9-10,19H,5-8,11-18H2,1-2H3,(H,26,30)/t19-,25-/m0/s1. The van der Waals surface area contributed by atoms with Gasteiger partial charge in [0.1, 0.15) is 5.66 Å². The van der Waals surface area contributed by atoms with Gasteiger partial charge in [0, 0.05) is 32.5 Å². The lowest BCUT2D eigenvalue weighted by molar-refractivity contribution is -0.121. The molecule has 32 heavy (non-hydrogen) atoms. The second-order valence-corrected chi connectivity index (χ2v) is 9.78. The monoisotopic (exact) mass is 440 g/mol. The molecule has 7 heteroatoms. The molecule has 174 valence electrons. The first-order chi connectivity index (χ1) is 15.4. The smallest absolute Gasteiger partial charge is 0.257 e. The van der Waals surface area contributed by atoms with Crippen LogP contribution in [0.4, 0.5) is 5.69 Å². The molecular formula is C25H36N4O3. The molecule has 2 fully saturated rings. The van der Waals surface area contributed by atoms with Gasteiger partial charge in [0.2, 0.25) is 11.8 Å². The Morgan fingerprint density at radius 3 is 2.81 bits per heavy atom. The average molecular weight is 441 g/mol. The summed E-state index contributed by atoms with van der Waals surface area (Å²) in [6.45, 7) is 8.72. The summed E-state index contributed by atoms with van der Waals surface area (Å²) in [6, 6.07) is 7.27. The van der Waals surface area contributed by atoms with Gasteiger partial charge >= 0.3 is 0 Å². The summed E-state index contributed by atoms with van der Waals surface area (Å²) >= 11 is 0. The Morgan fingerprint density at radius 2 is 2.00 bits per heavy atom. The molecule has 2 saturated heterocycles. The van der Waals surface area contributed by atoms with Gasteiger partial charge in [-0.25, -0.2) is 0 Å². The molecule has 1 aromatic carbocycles. The lowest BCUT2D eigenvalue weighted by Crippen LogP contribution is -2.62. The van der Waals surface area contributed by atoms with E-state index in [1.165, 1.54) is 25.9 Å². The van der Waals surface area contributed by atoms with Crippen molar-refractivity contribution in [1.29, 1.82) is 0 Å². The largest absolute Gasteiger partial charge is 0.356 e. The highest BCUT2D eigenvalue weighted by molar-refractivity contribution is 6.10. The molecule has 1 aromatic rings. The van der Waals surface area contributed by atoms with Crippen molar-refractivity contribution in [2.75, 3.05) is 37.6 Å². The molecule has 0 aromatic heterocycles. The van der Waals surface area contributed by atoms with Crippen LogP contribution in [0.1, 0.15) is 69.2 Å². The molecular weight excluding hydrogens is 404 g/mol. The van der Waals surface area contributed by atoms with Gasteiger partial charge in [-0.05, 0) is 70.2 Å². The van der Waals surface area contributed by atoms with E-state index in [9.17, 15) is 14.4 Å². The molecule has 0 aliphatic carbocycles. The third kappa shape index (κ3) is 4.53. The van der Waals surface area contributed by atoms with Gasteiger partial charge in [-0.1, -0.05) is 19.1 Å². The topological polar surface area (TPSA) is 73.0 Å². The molecule has 4 rings (SSSR count). The minimum Gasteiger partial charge on any atom is -0.356 e. The van der Waals surface area contributed by atoms with Gasteiger partial charge in [0.15, 0.2) is 0 Å². The maximum absolute atomic E-state index is 13.2. The zero-order valence-corrected chi connectivity index (χ0v) is 19.4. The van der Waals surface area contributed by atoms with E-state index in [4.69, 9.17) is 0 Å². The first-order valence-electron chi connectivity index (χ1n) is 12.1. The second-order valence-electron chi connectivity index (χ2n) is 9.78. The molecule has 0 radical (unpaired) electrons. The van der Waals surface area contributed by atoms with E-state index >= 15 is 0 Å². The number of hydrogen-bond donors (Lipinski definition) is 1. The SMILES string of the molecule is C[C@H]1CCCN(CCCCNC(=O)CCN2C(=O)c3ccccc3N3C(=O)CC[C@@]23C)C1. The summed E-state index contributed by atoms with van der Waals surface area (Å²) in [6.07, 6.45) is 5.92. The number of fused-ring (bicyclic) bond motifs is 3. The number of hydrogen-bond acceptors (Lipinski definition) is 4. The highest BCUT2D eigenvalue weighted by Gasteiger charge is 2.52. The molecule has 0 bridgehead atoms. The maximum atomic E-state index is 13.2. The van der Waals surface area contributed by atoms with E-state index in [1.54, 1.807) is 15.9 Å². The minimum atomic E-state index is -0.700. The number of benzene rings is 1. The number of anilines is 1. The van der Waals surface area contributed by atoms with Crippen LogP contribution in [0.5, 0.6) is 0 Å². The van der Waals surface area contributed by atoms with Crippen LogP contribution in [-0.2, 0) is 9.59 Å². The van der Waals surface area contributed by atoms with Crippen molar-refractivity contribution < 1.29 is 14.4 Å². The van der Waals surface area contributed by atoms with Gasteiger partial charge in [0.05, 0.1) is 11.3 Å². The van der Waals surface area contributed by atoms with Crippen LogP contribution in [0.2, 0.25) is 0 Å². The Bertz CT molecular complexity index is 872. The van der Waals surface area contributed by atoms with E-state index in [-0.39, 0.29) is 24.1 Å². The number of amides is 3. The summed E-state index contributed by atoms with van der Waals surface area (Å²) in [5, 5.41) is 3.01. The number of piperidine rings is 1. The van der Waals surface area contributed by atoms with Crippen LogP contribution >= 0.6 is 0 Å². The Hall–Kier alpha value is -2.41. The van der Waals surface area contributed by atoms with Crippen molar-refractivity contribution in [3.63, 3.8) is 0 Å². The van der Waals surface area contributed by atoms with Crippen molar-refractivity contribution in [2.24, 2.45) is 5.92 Å². The number of unbranched alkanes of at least 4 members (excludes halogenated alkanes) is 1. The lowest BCUT2D eigenvalue weighted by Gasteiger charge is -2.48. The van der Waals surface area contributed by atoms with Crippen molar-refractivity contribution in [2.45, 2.75) is 64.5 Å². The molecule has 3 heterocycles. The van der Waals surface area contributed by atoms with E-state index in [0.29, 0.717) is 37.2 Å². The quantitative estimate of drug-likeness (QED) is 0.631. The van der Waals surface area contributed by atoms with Crippen molar-refractivity contribution in [1.82, 2.24) is 15.1 Å². The van der Waals surface area contributed by atoms with Gasteiger partial charge in [0.25, 0.3) is 5.91 Å². The first-order valence-corrected chi connectivity index (χ1v) is 12.1. The van der Waals surface area contributed by atoms with Gasteiger partial charge in [-0.3, -0.25) is 19.3 Å². The molecule has 3 aliphatic heterocycles. The Balaban J connectivity index is 1.26. The minimum absolute atomic E-state index is 0.0324. The number of carbonyl (C=O) groups is 3. The molecule has 3 amide bonds. The highest BCUT2D eigenvalue weighted by atomic mass is 16.2. The molecule has 7 nitrogen and oxygen atoms in total. The molecule has 0 spiro atoms. The van der Waals surface area contributed by atoms with Crippen LogP contribution in [0.3, 0.4) is 0 Å². The molecule has 1 N–H and O–H groups in total. The summed E-state index contributed by atoms with van der Waals surface area (Å²) in [7, 11) is 0. The Labute approximate surface area is 191 Å². The molecule has 3 aliphatic rings. The van der Waals surface area contributed by atoms with Crippen LogP contribution < -0.4 is 10.2 Å². The fraction of sp³-hybridized carbons (Fsp3) is 0.640. The number of nitrogens with zero attached hydrogens (tertiary/aromatic N) is 3. The van der Waals surface area contributed by atoms with E-state index in [0.717, 1.165) is 25.3 Å². The second kappa shape index (κ2) is 9.61. The zero-order valence-electron chi connectivity index (χ0n) is 19.4. The van der Waals surface area contributed by atoms with E-state index < -0.39 is 5.66 Å². The van der Waals surface area contributed by atoms with Gasteiger partial charge < -0.3 is 15.1 Å². The summed E-state index contributed by atoms with van der Waals surface area (Å²) in [5.74, 6) is 0.686. The summed E-state index contributed by atoms with van der Waals surface area (Å²) in [4.78, 5) is 44.3. The van der Waals surface area contributed by atoms with Crippen LogP contribution in [0.15, 0.2) is 24.3 Å². The van der Waals surface area contributed by atoms with Crippen LogP contribution in [0.25, 0.3) is 0 Å². The first kappa shape index (κ1) is 22.8. The van der Waals surface area contributed by atoms with Crippen molar-refractivity contribution in [3.8, 4) is 0 Å². The predicted octanol–water partition coefficient (Wildman–Crippen LogP) is 3.00. The highest BCUT2D eigenvalue weighted by Crippen LogP contribution is 2.43. The predicted molar refractivity (Wildman–Crippen MR) is 124 cm³/mol. The summed E-state index contributed by atoms with van der Waals surface area (Å²) < 4.78 is 0. The summed E-state index contributed by atoms with van der Waals surface area (Å²) in [5.41, 5.74) is 0.521. The Kier molecular flexibility index (Phi) is 6.84. The van der Waals surface area contributed by atoms with Gasteiger partial charge in [-0.2, -0.15) is 0 Å². The fourth-order valence-corrected chi connectivity index (χ4v) is 5.52.